The van der Waals surface area contributed by atoms with Crippen molar-refractivity contribution in [3.63, 3.8) is 0 Å². The maximum atomic E-state index is 12.2. The summed E-state index contributed by atoms with van der Waals surface area (Å²) in [6.45, 7) is 2.42. The van der Waals surface area contributed by atoms with E-state index in [9.17, 15) is 18.3 Å². The molecule has 0 saturated carbocycles. The zero-order valence-electron chi connectivity index (χ0n) is 11.3. The minimum atomic E-state index is -4.00. The normalized spacial score (nSPS) is 13.0. The summed E-state index contributed by atoms with van der Waals surface area (Å²) in [6.07, 6.45) is 2.74. The Balaban J connectivity index is 2.30. The van der Waals surface area contributed by atoms with Crippen LogP contribution in [0.2, 0.25) is 0 Å². The summed E-state index contributed by atoms with van der Waals surface area (Å²) >= 11 is 0. The predicted molar refractivity (Wildman–Crippen MR) is 75.0 cm³/mol. The highest BCUT2D eigenvalue weighted by molar-refractivity contribution is 7.89. The highest BCUT2D eigenvalue weighted by Crippen LogP contribution is 2.16. The molecule has 0 amide bonds. The molecule has 0 aliphatic heterocycles. The number of carboxylic acids is 1. The average molecular weight is 309 g/mol. The Morgan fingerprint density at radius 3 is 2.57 bits per heavy atom. The van der Waals surface area contributed by atoms with E-state index in [0.29, 0.717) is 12.1 Å². The summed E-state index contributed by atoms with van der Waals surface area (Å²) in [5.41, 5.74) is 0.350. The van der Waals surface area contributed by atoms with Crippen LogP contribution in [0.15, 0.2) is 47.9 Å². The number of hydrogen-bond donors (Lipinski definition) is 2. The van der Waals surface area contributed by atoms with E-state index in [1.54, 1.807) is 34.9 Å². The van der Waals surface area contributed by atoms with Crippen molar-refractivity contribution in [2.24, 2.45) is 0 Å². The van der Waals surface area contributed by atoms with E-state index in [4.69, 9.17) is 0 Å². The van der Waals surface area contributed by atoms with Crippen LogP contribution >= 0.6 is 0 Å². The molecule has 1 aromatic heterocycles. The number of hydrogen-bond acceptors (Lipinski definition) is 4. The molecule has 2 N–H and O–H groups in total. The first-order chi connectivity index (χ1) is 9.94. The smallest absolute Gasteiger partial charge is 0.326 e. The first-order valence-electron chi connectivity index (χ1n) is 6.26. The summed E-state index contributed by atoms with van der Waals surface area (Å²) in [6, 6.07) is 6.75. The lowest BCUT2D eigenvalue weighted by Crippen LogP contribution is -2.34. The van der Waals surface area contributed by atoms with Crippen molar-refractivity contribution in [1.29, 1.82) is 0 Å². The fourth-order valence-corrected chi connectivity index (χ4v) is 2.90. The second kappa shape index (κ2) is 6.06. The number of carboxylic acid groups (broad SMARTS) is 1. The molecule has 21 heavy (non-hydrogen) atoms. The van der Waals surface area contributed by atoms with Gasteiger partial charge in [0.05, 0.1) is 6.33 Å². The largest absolute Gasteiger partial charge is 0.480 e. The summed E-state index contributed by atoms with van der Waals surface area (Å²) < 4.78 is 28.1. The number of carbonyl (C=O) groups is 1. The minimum absolute atomic E-state index is 0.202. The molecule has 0 bridgehead atoms. The average Bonchev–Trinajstić information content (AvgIpc) is 2.95. The van der Waals surface area contributed by atoms with Crippen LogP contribution in [0.5, 0.6) is 0 Å². The SMILES string of the molecule is CCn1cnc(S(=O)(=O)N[C@H](C(=O)O)c2ccccc2)c1. The van der Waals surface area contributed by atoms with Gasteiger partial charge in [-0.15, -0.1) is 0 Å². The molecule has 0 aliphatic rings. The molecule has 1 heterocycles. The fourth-order valence-electron chi connectivity index (χ4n) is 1.77. The number of nitrogens with one attached hydrogen (secondary N) is 1. The van der Waals surface area contributed by atoms with Crippen LogP contribution in [0.3, 0.4) is 0 Å². The maximum absolute atomic E-state index is 12.2. The van der Waals surface area contributed by atoms with E-state index < -0.39 is 22.0 Å². The number of nitrogens with zero attached hydrogens (tertiary/aromatic N) is 2. The first kappa shape index (κ1) is 15.2. The number of aromatic nitrogens is 2. The number of aliphatic carboxylic acids is 1. The Morgan fingerprint density at radius 1 is 1.38 bits per heavy atom. The van der Waals surface area contributed by atoms with Crippen molar-refractivity contribution < 1.29 is 18.3 Å². The van der Waals surface area contributed by atoms with Gasteiger partial charge in [-0.05, 0) is 12.5 Å². The van der Waals surface area contributed by atoms with Gasteiger partial charge in [0.15, 0.2) is 5.03 Å². The molecule has 0 fully saturated rings. The van der Waals surface area contributed by atoms with Gasteiger partial charge in [0.1, 0.15) is 6.04 Å². The fraction of sp³-hybridized carbons (Fsp3) is 0.231. The van der Waals surface area contributed by atoms with Gasteiger partial charge in [-0.3, -0.25) is 4.79 Å². The van der Waals surface area contributed by atoms with Crippen molar-refractivity contribution >= 4 is 16.0 Å². The van der Waals surface area contributed by atoms with Gasteiger partial charge >= 0.3 is 5.97 Å². The summed E-state index contributed by atoms with van der Waals surface area (Å²) in [5.74, 6) is -1.28. The Bertz CT molecular complexity index is 725. The molecule has 8 heteroatoms. The summed E-state index contributed by atoms with van der Waals surface area (Å²) in [7, 11) is -4.00. The van der Waals surface area contributed by atoms with Crippen molar-refractivity contribution in [2.45, 2.75) is 24.5 Å². The van der Waals surface area contributed by atoms with Gasteiger partial charge in [-0.1, -0.05) is 30.3 Å². The maximum Gasteiger partial charge on any atom is 0.326 e. The van der Waals surface area contributed by atoms with Gasteiger partial charge in [0.25, 0.3) is 10.0 Å². The van der Waals surface area contributed by atoms with Gasteiger partial charge in [-0.2, -0.15) is 4.72 Å². The van der Waals surface area contributed by atoms with Crippen LogP contribution in [-0.4, -0.2) is 29.0 Å². The van der Waals surface area contributed by atoms with Crippen molar-refractivity contribution in [1.82, 2.24) is 14.3 Å². The lowest BCUT2D eigenvalue weighted by molar-refractivity contribution is -0.139. The van der Waals surface area contributed by atoms with Crippen LogP contribution in [0.1, 0.15) is 18.5 Å². The van der Waals surface area contributed by atoms with E-state index in [-0.39, 0.29) is 5.03 Å². The number of rotatable bonds is 6. The van der Waals surface area contributed by atoms with Gasteiger partial charge in [-0.25, -0.2) is 13.4 Å². The quantitative estimate of drug-likeness (QED) is 0.829. The van der Waals surface area contributed by atoms with E-state index >= 15 is 0 Å². The molecular weight excluding hydrogens is 294 g/mol. The molecule has 2 rings (SSSR count). The molecule has 2 aromatic rings. The molecule has 112 valence electrons. The number of benzene rings is 1. The van der Waals surface area contributed by atoms with Crippen LogP contribution in [0, 0.1) is 0 Å². The van der Waals surface area contributed by atoms with E-state index in [1.807, 2.05) is 6.92 Å². The zero-order chi connectivity index (χ0) is 15.5. The monoisotopic (exact) mass is 309 g/mol. The third kappa shape index (κ3) is 3.47. The van der Waals surface area contributed by atoms with E-state index in [0.717, 1.165) is 0 Å². The predicted octanol–water partition coefficient (Wildman–Crippen LogP) is 1.01. The lowest BCUT2D eigenvalue weighted by Gasteiger charge is -2.14. The Hall–Kier alpha value is -2.19. The zero-order valence-corrected chi connectivity index (χ0v) is 12.1. The first-order valence-corrected chi connectivity index (χ1v) is 7.74. The molecular formula is C13H15N3O4S. The van der Waals surface area contributed by atoms with Crippen LogP contribution < -0.4 is 4.72 Å². The molecule has 0 saturated heterocycles. The van der Waals surface area contributed by atoms with E-state index in [1.165, 1.54) is 12.5 Å². The molecule has 0 unspecified atom stereocenters. The third-order valence-electron chi connectivity index (χ3n) is 2.90. The summed E-state index contributed by atoms with van der Waals surface area (Å²) in [5, 5.41) is 9.03. The van der Waals surface area contributed by atoms with Crippen molar-refractivity contribution in [3.8, 4) is 0 Å². The highest BCUT2D eigenvalue weighted by atomic mass is 32.2. The lowest BCUT2D eigenvalue weighted by atomic mass is 10.1. The van der Waals surface area contributed by atoms with Gasteiger partial charge < -0.3 is 9.67 Å². The highest BCUT2D eigenvalue weighted by Gasteiger charge is 2.28. The number of sulfonamides is 1. The second-order valence-corrected chi connectivity index (χ2v) is 6.01. The third-order valence-corrected chi connectivity index (χ3v) is 4.21. The minimum Gasteiger partial charge on any atom is -0.480 e. The van der Waals surface area contributed by atoms with Crippen molar-refractivity contribution in [3.05, 3.63) is 48.4 Å². The Kier molecular flexibility index (Phi) is 4.39. The standard InChI is InChI=1S/C13H15N3O4S/c1-2-16-8-11(14-9-16)21(19,20)15-12(13(17)18)10-6-4-3-5-7-10/h3-9,12,15H,2H2,1H3,(H,17,18)/t12-/m0/s1. The van der Waals surface area contributed by atoms with E-state index in [2.05, 4.69) is 9.71 Å². The molecule has 1 aromatic carbocycles. The van der Waals surface area contributed by atoms with Gasteiger partial charge in [0, 0.05) is 12.7 Å². The molecule has 1 atom stereocenters. The molecule has 0 radical (unpaired) electrons. The molecule has 0 spiro atoms. The molecule has 0 aliphatic carbocycles. The second-order valence-electron chi connectivity index (χ2n) is 4.35. The summed E-state index contributed by atoms with van der Waals surface area (Å²) in [4.78, 5) is 15.1. The van der Waals surface area contributed by atoms with Crippen molar-refractivity contribution in [2.75, 3.05) is 0 Å². The Morgan fingerprint density at radius 2 is 2.05 bits per heavy atom. The number of imidazole rings is 1. The number of aryl methyl sites for hydroxylation is 1. The Labute approximate surface area is 122 Å². The topological polar surface area (TPSA) is 101 Å². The van der Waals surface area contributed by atoms with Crippen LogP contribution in [-0.2, 0) is 21.4 Å². The van der Waals surface area contributed by atoms with Crippen LogP contribution in [0.25, 0.3) is 0 Å². The van der Waals surface area contributed by atoms with Crippen LogP contribution in [0.4, 0.5) is 0 Å². The van der Waals surface area contributed by atoms with Gasteiger partial charge in [0.2, 0.25) is 0 Å². The molecule has 7 nitrogen and oxygen atoms in total.